The SMILES string of the molecule is Cc1cc(=O)n(C[C@@H]2CCNC2)c2nc(Cl)ncc12. The van der Waals surface area contributed by atoms with Gasteiger partial charge in [-0.25, -0.2) is 4.98 Å². The third-order valence-corrected chi connectivity index (χ3v) is 3.81. The molecule has 2 aromatic heterocycles. The molecule has 1 saturated heterocycles. The van der Waals surface area contributed by atoms with Gasteiger partial charge in [0.1, 0.15) is 5.65 Å². The molecule has 6 heteroatoms. The van der Waals surface area contributed by atoms with Crippen molar-refractivity contribution >= 4 is 22.6 Å². The molecule has 2 aromatic rings. The maximum atomic E-state index is 12.2. The van der Waals surface area contributed by atoms with E-state index in [1.54, 1.807) is 16.8 Å². The normalized spacial score (nSPS) is 19.2. The zero-order chi connectivity index (χ0) is 13.4. The van der Waals surface area contributed by atoms with E-state index in [2.05, 4.69) is 15.3 Å². The summed E-state index contributed by atoms with van der Waals surface area (Å²) in [7, 11) is 0. The van der Waals surface area contributed by atoms with E-state index in [0.29, 0.717) is 18.1 Å². The van der Waals surface area contributed by atoms with Crippen molar-refractivity contribution < 1.29 is 0 Å². The smallest absolute Gasteiger partial charge is 0.252 e. The highest BCUT2D eigenvalue weighted by Crippen LogP contribution is 2.18. The topological polar surface area (TPSA) is 59.8 Å². The maximum absolute atomic E-state index is 12.2. The van der Waals surface area contributed by atoms with Crippen LogP contribution in [0.2, 0.25) is 5.28 Å². The third kappa shape index (κ3) is 2.35. The Balaban J connectivity index is 2.15. The molecule has 1 fully saturated rings. The number of aryl methyl sites for hydroxylation is 1. The molecule has 0 saturated carbocycles. The van der Waals surface area contributed by atoms with Crippen LogP contribution in [0.5, 0.6) is 0 Å². The number of nitrogens with zero attached hydrogens (tertiary/aromatic N) is 3. The van der Waals surface area contributed by atoms with Crippen LogP contribution in [0.1, 0.15) is 12.0 Å². The van der Waals surface area contributed by atoms with E-state index in [-0.39, 0.29) is 10.8 Å². The highest BCUT2D eigenvalue weighted by Gasteiger charge is 2.18. The fraction of sp³-hybridized carbons (Fsp3) is 0.462. The van der Waals surface area contributed by atoms with Gasteiger partial charge in [0.15, 0.2) is 0 Å². The number of fused-ring (bicyclic) bond motifs is 1. The molecular formula is C13H15ClN4O. The number of hydrogen-bond acceptors (Lipinski definition) is 4. The average Bonchev–Trinajstić information content (AvgIpc) is 2.87. The van der Waals surface area contributed by atoms with Gasteiger partial charge in [0.25, 0.3) is 5.56 Å². The zero-order valence-corrected chi connectivity index (χ0v) is 11.4. The standard InChI is InChI=1S/C13H15ClN4O/c1-8-4-11(19)18(7-9-2-3-15-5-9)12-10(8)6-16-13(14)17-12/h4,6,9,15H,2-3,5,7H2,1H3/t9-/m1/s1. The largest absolute Gasteiger partial charge is 0.316 e. The van der Waals surface area contributed by atoms with Crippen molar-refractivity contribution in [1.82, 2.24) is 19.9 Å². The van der Waals surface area contributed by atoms with Crippen LogP contribution in [0.15, 0.2) is 17.1 Å². The van der Waals surface area contributed by atoms with Gasteiger partial charge in [0.2, 0.25) is 5.28 Å². The van der Waals surface area contributed by atoms with Gasteiger partial charge in [-0.1, -0.05) is 0 Å². The molecule has 1 atom stereocenters. The van der Waals surface area contributed by atoms with Crippen LogP contribution in [0.4, 0.5) is 0 Å². The van der Waals surface area contributed by atoms with Crippen LogP contribution in [0, 0.1) is 12.8 Å². The first kappa shape index (κ1) is 12.6. The van der Waals surface area contributed by atoms with Gasteiger partial charge < -0.3 is 5.32 Å². The van der Waals surface area contributed by atoms with E-state index in [0.717, 1.165) is 30.5 Å². The van der Waals surface area contributed by atoms with Crippen LogP contribution < -0.4 is 10.9 Å². The van der Waals surface area contributed by atoms with Crippen molar-refractivity contribution in [3.8, 4) is 0 Å². The van der Waals surface area contributed by atoms with Crippen molar-refractivity contribution in [3.05, 3.63) is 33.5 Å². The Bertz CT molecular complexity index is 676. The summed E-state index contributed by atoms with van der Waals surface area (Å²) < 4.78 is 1.72. The van der Waals surface area contributed by atoms with E-state index in [1.807, 2.05) is 6.92 Å². The van der Waals surface area contributed by atoms with Gasteiger partial charge in [-0.2, -0.15) is 4.98 Å². The maximum Gasteiger partial charge on any atom is 0.252 e. The van der Waals surface area contributed by atoms with Gasteiger partial charge in [0.05, 0.1) is 0 Å². The molecule has 1 aliphatic rings. The summed E-state index contributed by atoms with van der Waals surface area (Å²) in [6.07, 6.45) is 2.77. The Morgan fingerprint density at radius 2 is 2.42 bits per heavy atom. The van der Waals surface area contributed by atoms with Crippen LogP contribution in [0.3, 0.4) is 0 Å². The number of pyridine rings is 1. The summed E-state index contributed by atoms with van der Waals surface area (Å²) in [5, 5.41) is 4.37. The van der Waals surface area contributed by atoms with Gasteiger partial charge in [-0.05, 0) is 49.5 Å². The lowest BCUT2D eigenvalue weighted by Gasteiger charge is -2.14. The van der Waals surface area contributed by atoms with Crippen molar-refractivity contribution in [2.45, 2.75) is 19.9 Å². The molecule has 1 aliphatic heterocycles. The summed E-state index contributed by atoms with van der Waals surface area (Å²) in [4.78, 5) is 20.4. The Morgan fingerprint density at radius 3 is 3.16 bits per heavy atom. The second-order valence-electron chi connectivity index (χ2n) is 5.01. The van der Waals surface area contributed by atoms with Gasteiger partial charge in [-0.3, -0.25) is 9.36 Å². The van der Waals surface area contributed by atoms with Gasteiger partial charge >= 0.3 is 0 Å². The molecule has 3 rings (SSSR count). The van der Waals surface area contributed by atoms with Crippen molar-refractivity contribution in [3.63, 3.8) is 0 Å². The minimum Gasteiger partial charge on any atom is -0.316 e. The number of nitrogens with one attached hydrogen (secondary N) is 1. The zero-order valence-electron chi connectivity index (χ0n) is 10.7. The summed E-state index contributed by atoms with van der Waals surface area (Å²) >= 11 is 5.86. The van der Waals surface area contributed by atoms with E-state index in [1.165, 1.54) is 0 Å². The van der Waals surface area contributed by atoms with Gasteiger partial charge in [-0.15, -0.1) is 0 Å². The fourth-order valence-electron chi connectivity index (χ4n) is 2.59. The molecule has 1 N–H and O–H groups in total. The Labute approximate surface area is 115 Å². The molecule has 5 nitrogen and oxygen atoms in total. The lowest BCUT2D eigenvalue weighted by Crippen LogP contribution is -2.26. The highest BCUT2D eigenvalue weighted by atomic mass is 35.5. The molecule has 0 spiro atoms. The first-order valence-corrected chi connectivity index (χ1v) is 6.76. The minimum absolute atomic E-state index is 0.0216. The third-order valence-electron chi connectivity index (χ3n) is 3.63. The molecule has 0 aliphatic carbocycles. The van der Waals surface area contributed by atoms with Gasteiger partial charge in [0, 0.05) is 24.2 Å². The van der Waals surface area contributed by atoms with Crippen LogP contribution in [0.25, 0.3) is 11.0 Å². The van der Waals surface area contributed by atoms with E-state index < -0.39 is 0 Å². The number of hydrogen-bond donors (Lipinski definition) is 1. The predicted octanol–water partition coefficient (Wildman–Crippen LogP) is 1.36. The molecule has 0 aromatic carbocycles. The average molecular weight is 279 g/mol. The van der Waals surface area contributed by atoms with Crippen LogP contribution >= 0.6 is 11.6 Å². The molecule has 0 radical (unpaired) electrons. The van der Waals surface area contributed by atoms with E-state index in [4.69, 9.17) is 11.6 Å². The Kier molecular flexibility index (Phi) is 3.24. The molecule has 19 heavy (non-hydrogen) atoms. The lowest BCUT2D eigenvalue weighted by atomic mass is 10.1. The van der Waals surface area contributed by atoms with Crippen LogP contribution in [-0.4, -0.2) is 27.6 Å². The van der Waals surface area contributed by atoms with Crippen molar-refractivity contribution in [1.29, 1.82) is 0 Å². The lowest BCUT2D eigenvalue weighted by molar-refractivity contribution is 0.480. The second kappa shape index (κ2) is 4.90. The van der Waals surface area contributed by atoms with Crippen molar-refractivity contribution in [2.75, 3.05) is 13.1 Å². The molecule has 100 valence electrons. The minimum atomic E-state index is -0.0216. The first-order chi connectivity index (χ1) is 9.15. The number of rotatable bonds is 2. The molecule has 0 amide bonds. The van der Waals surface area contributed by atoms with Crippen LogP contribution in [-0.2, 0) is 6.54 Å². The quantitative estimate of drug-likeness (QED) is 0.843. The summed E-state index contributed by atoms with van der Waals surface area (Å²) in [6.45, 7) is 4.53. The van der Waals surface area contributed by atoms with E-state index >= 15 is 0 Å². The Hall–Kier alpha value is -1.46. The predicted molar refractivity (Wildman–Crippen MR) is 74.5 cm³/mol. The molecule has 0 bridgehead atoms. The summed E-state index contributed by atoms with van der Waals surface area (Å²) in [5.74, 6) is 0.470. The molecular weight excluding hydrogens is 264 g/mol. The Morgan fingerprint density at radius 1 is 1.58 bits per heavy atom. The summed E-state index contributed by atoms with van der Waals surface area (Å²) in [5.41, 5.74) is 1.50. The highest BCUT2D eigenvalue weighted by molar-refractivity contribution is 6.28. The fourth-order valence-corrected chi connectivity index (χ4v) is 2.71. The second-order valence-corrected chi connectivity index (χ2v) is 5.35. The monoisotopic (exact) mass is 278 g/mol. The number of halogens is 1. The van der Waals surface area contributed by atoms with E-state index in [9.17, 15) is 4.79 Å². The number of aromatic nitrogens is 3. The molecule has 0 unspecified atom stereocenters. The van der Waals surface area contributed by atoms with Crippen molar-refractivity contribution in [2.24, 2.45) is 5.92 Å². The first-order valence-electron chi connectivity index (χ1n) is 6.38. The molecule has 3 heterocycles. The summed E-state index contributed by atoms with van der Waals surface area (Å²) in [6, 6.07) is 1.64.